The number of nitriles is 1. The summed E-state index contributed by atoms with van der Waals surface area (Å²) in [5, 5.41) is 21.0. The molecule has 0 radical (unpaired) electrons. The zero-order chi connectivity index (χ0) is 13.4. The average molecular weight is 248 g/mol. The number of nitrogens with zero attached hydrogens (tertiary/aromatic N) is 1. The van der Waals surface area contributed by atoms with Crippen LogP contribution in [0, 0.1) is 11.3 Å². The molecule has 0 spiro atoms. The molecule has 2 unspecified atom stereocenters. The van der Waals surface area contributed by atoms with Gasteiger partial charge in [0.25, 0.3) is 0 Å². The summed E-state index contributed by atoms with van der Waals surface area (Å²) in [7, 11) is 0. The van der Waals surface area contributed by atoms with E-state index >= 15 is 0 Å². The molecule has 0 amide bonds. The third-order valence-electron chi connectivity index (χ3n) is 2.49. The Morgan fingerprint density at radius 3 is 2.56 bits per heavy atom. The minimum atomic E-state index is -0.431. The van der Waals surface area contributed by atoms with E-state index in [9.17, 15) is 0 Å². The van der Waals surface area contributed by atoms with Crippen molar-refractivity contribution in [1.29, 1.82) is 5.26 Å². The number of rotatable bonds is 7. The lowest BCUT2D eigenvalue weighted by Gasteiger charge is -2.09. The van der Waals surface area contributed by atoms with Gasteiger partial charge in [-0.3, -0.25) is 0 Å². The van der Waals surface area contributed by atoms with Gasteiger partial charge in [0, 0.05) is 6.54 Å². The van der Waals surface area contributed by atoms with Crippen molar-refractivity contribution in [3.63, 3.8) is 0 Å². The second kappa shape index (κ2) is 7.70. The summed E-state index contributed by atoms with van der Waals surface area (Å²) in [4.78, 5) is 0. The monoisotopic (exact) mass is 248 g/mol. The van der Waals surface area contributed by atoms with E-state index in [0.29, 0.717) is 5.75 Å². The first-order valence-corrected chi connectivity index (χ1v) is 6.16. The molecule has 0 aliphatic rings. The van der Waals surface area contributed by atoms with Crippen molar-refractivity contribution >= 4 is 0 Å². The van der Waals surface area contributed by atoms with Crippen LogP contribution in [0.15, 0.2) is 24.3 Å². The highest BCUT2D eigenvalue weighted by Gasteiger charge is 2.01. The zero-order valence-corrected chi connectivity index (χ0v) is 10.9. The van der Waals surface area contributed by atoms with Crippen LogP contribution in [0.1, 0.15) is 25.8 Å². The molecule has 2 atom stereocenters. The third-order valence-corrected chi connectivity index (χ3v) is 2.49. The van der Waals surface area contributed by atoms with Crippen molar-refractivity contribution in [3.8, 4) is 11.8 Å². The van der Waals surface area contributed by atoms with Crippen molar-refractivity contribution < 1.29 is 9.84 Å². The number of aliphatic hydroxyl groups is 1. The fourth-order valence-electron chi connectivity index (χ4n) is 1.46. The Morgan fingerprint density at radius 1 is 1.33 bits per heavy atom. The van der Waals surface area contributed by atoms with E-state index in [1.165, 1.54) is 0 Å². The Balaban J connectivity index is 2.34. The Bertz CT molecular complexity index is 382. The molecule has 0 saturated carbocycles. The van der Waals surface area contributed by atoms with Gasteiger partial charge in [-0.2, -0.15) is 5.26 Å². The third kappa shape index (κ3) is 5.67. The van der Waals surface area contributed by atoms with Gasteiger partial charge in [-0.15, -0.1) is 0 Å². The first kappa shape index (κ1) is 14.5. The smallest absolute Gasteiger partial charge is 0.181 e. The first-order valence-electron chi connectivity index (χ1n) is 6.16. The molecule has 18 heavy (non-hydrogen) atoms. The van der Waals surface area contributed by atoms with Gasteiger partial charge in [0.05, 0.1) is 6.10 Å². The highest BCUT2D eigenvalue weighted by molar-refractivity contribution is 5.27. The van der Waals surface area contributed by atoms with Gasteiger partial charge >= 0.3 is 0 Å². The number of hydrogen-bond donors (Lipinski definition) is 2. The van der Waals surface area contributed by atoms with Gasteiger partial charge in [-0.05, 0) is 44.5 Å². The molecular weight excluding hydrogens is 228 g/mol. The maximum atomic E-state index is 9.11. The van der Waals surface area contributed by atoms with Crippen molar-refractivity contribution in [3.05, 3.63) is 29.8 Å². The van der Waals surface area contributed by atoms with Crippen LogP contribution in [0.25, 0.3) is 0 Å². The van der Waals surface area contributed by atoms with Crippen LogP contribution < -0.4 is 10.1 Å². The number of benzene rings is 1. The van der Waals surface area contributed by atoms with E-state index in [0.717, 1.165) is 25.1 Å². The molecule has 0 heterocycles. The van der Waals surface area contributed by atoms with Crippen LogP contribution in [0.5, 0.6) is 5.75 Å². The molecular formula is C14H20N2O2. The fourth-order valence-corrected chi connectivity index (χ4v) is 1.46. The van der Waals surface area contributed by atoms with E-state index in [4.69, 9.17) is 15.1 Å². The Kier molecular flexibility index (Phi) is 6.20. The Morgan fingerprint density at radius 2 is 2.00 bits per heavy atom. The largest absolute Gasteiger partial charge is 0.476 e. The zero-order valence-electron chi connectivity index (χ0n) is 10.9. The Labute approximate surface area is 108 Å². The summed E-state index contributed by atoms with van der Waals surface area (Å²) in [6.45, 7) is 5.05. The van der Waals surface area contributed by atoms with Crippen LogP contribution in [0.4, 0.5) is 0 Å². The molecule has 0 saturated heterocycles. The van der Waals surface area contributed by atoms with Gasteiger partial charge in [-0.25, -0.2) is 0 Å². The van der Waals surface area contributed by atoms with Crippen molar-refractivity contribution in [2.24, 2.45) is 0 Å². The predicted molar refractivity (Wildman–Crippen MR) is 70.1 cm³/mol. The second-order valence-electron chi connectivity index (χ2n) is 4.35. The quantitative estimate of drug-likeness (QED) is 0.723. The lowest BCUT2D eigenvalue weighted by Crippen LogP contribution is -2.18. The number of nitrogens with one attached hydrogen (secondary N) is 1. The van der Waals surface area contributed by atoms with Crippen molar-refractivity contribution in [1.82, 2.24) is 5.32 Å². The van der Waals surface area contributed by atoms with Crippen molar-refractivity contribution in [2.45, 2.75) is 39.0 Å². The molecule has 98 valence electrons. The molecule has 0 aliphatic carbocycles. The van der Waals surface area contributed by atoms with Gasteiger partial charge in [0.15, 0.2) is 6.10 Å². The van der Waals surface area contributed by atoms with Crippen LogP contribution >= 0.6 is 0 Å². The lowest BCUT2D eigenvalue weighted by atomic mass is 10.2. The van der Waals surface area contributed by atoms with Gasteiger partial charge in [0.1, 0.15) is 11.8 Å². The van der Waals surface area contributed by atoms with Crippen LogP contribution in [0.2, 0.25) is 0 Å². The van der Waals surface area contributed by atoms with Crippen LogP contribution in [-0.4, -0.2) is 23.9 Å². The standard InChI is InChI=1S/C14H20N2O2/c1-11(17)7-8-16-10-13-3-5-14(6-4-13)18-12(2)9-15/h3-6,11-12,16-17H,7-8,10H2,1-2H3. The van der Waals surface area contributed by atoms with Gasteiger partial charge < -0.3 is 15.2 Å². The van der Waals surface area contributed by atoms with E-state index in [1.807, 2.05) is 30.3 Å². The maximum Gasteiger partial charge on any atom is 0.181 e. The molecule has 1 aromatic rings. The number of hydrogen-bond acceptors (Lipinski definition) is 4. The topological polar surface area (TPSA) is 65.3 Å². The summed E-state index contributed by atoms with van der Waals surface area (Å²) in [5.41, 5.74) is 1.15. The highest BCUT2D eigenvalue weighted by Crippen LogP contribution is 2.13. The fraction of sp³-hybridized carbons (Fsp3) is 0.500. The molecule has 1 aromatic carbocycles. The highest BCUT2D eigenvalue weighted by atomic mass is 16.5. The first-order chi connectivity index (χ1) is 8.61. The minimum absolute atomic E-state index is 0.263. The van der Waals surface area contributed by atoms with Crippen LogP contribution in [0.3, 0.4) is 0 Å². The van der Waals surface area contributed by atoms with Gasteiger partial charge in [0.2, 0.25) is 0 Å². The predicted octanol–water partition coefficient (Wildman–Crippen LogP) is 1.84. The van der Waals surface area contributed by atoms with Crippen LogP contribution in [-0.2, 0) is 6.54 Å². The summed E-state index contributed by atoms with van der Waals surface area (Å²) in [6, 6.07) is 9.68. The van der Waals surface area contributed by atoms with E-state index in [1.54, 1.807) is 13.8 Å². The maximum absolute atomic E-state index is 9.11. The summed E-state index contributed by atoms with van der Waals surface area (Å²) < 4.78 is 5.36. The number of ether oxygens (including phenoxy) is 1. The van der Waals surface area contributed by atoms with E-state index in [-0.39, 0.29) is 6.10 Å². The number of aliphatic hydroxyl groups excluding tert-OH is 1. The summed E-state index contributed by atoms with van der Waals surface area (Å²) in [6.07, 6.45) is 0.0571. The minimum Gasteiger partial charge on any atom is -0.476 e. The molecule has 0 aromatic heterocycles. The molecule has 1 rings (SSSR count). The second-order valence-corrected chi connectivity index (χ2v) is 4.35. The average Bonchev–Trinajstić information content (AvgIpc) is 2.36. The summed E-state index contributed by atoms with van der Waals surface area (Å²) in [5.74, 6) is 0.705. The molecule has 0 aliphatic heterocycles. The SMILES string of the molecule is CC(O)CCNCc1ccc(OC(C)C#N)cc1. The Hall–Kier alpha value is -1.57. The lowest BCUT2D eigenvalue weighted by molar-refractivity contribution is 0.183. The molecule has 4 nitrogen and oxygen atoms in total. The van der Waals surface area contributed by atoms with E-state index < -0.39 is 6.10 Å². The van der Waals surface area contributed by atoms with Crippen molar-refractivity contribution in [2.75, 3.05) is 6.54 Å². The van der Waals surface area contributed by atoms with Gasteiger partial charge in [-0.1, -0.05) is 12.1 Å². The molecule has 0 bridgehead atoms. The molecule has 2 N–H and O–H groups in total. The molecule has 0 fully saturated rings. The summed E-state index contributed by atoms with van der Waals surface area (Å²) >= 11 is 0. The van der Waals surface area contributed by atoms with E-state index in [2.05, 4.69) is 5.32 Å². The normalized spacial score (nSPS) is 13.7. The molecule has 4 heteroatoms.